The van der Waals surface area contributed by atoms with Gasteiger partial charge in [0.15, 0.2) is 11.9 Å². The van der Waals surface area contributed by atoms with Crippen molar-refractivity contribution >= 4 is 17.7 Å². The summed E-state index contributed by atoms with van der Waals surface area (Å²) in [5.41, 5.74) is -0.562. The third kappa shape index (κ3) is 3.62. The van der Waals surface area contributed by atoms with Crippen molar-refractivity contribution in [2.75, 3.05) is 11.9 Å². The van der Waals surface area contributed by atoms with E-state index in [2.05, 4.69) is 0 Å². The second kappa shape index (κ2) is 6.10. The van der Waals surface area contributed by atoms with Crippen LogP contribution in [0.5, 0.6) is 0 Å². The Morgan fingerprint density at radius 2 is 2.00 bits per heavy atom. The van der Waals surface area contributed by atoms with E-state index in [1.54, 1.807) is 0 Å². The first-order chi connectivity index (χ1) is 8.86. The number of hydrogen-bond acceptors (Lipinski definition) is 3. The van der Waals surface area contributed by atoms with Crippen molar-refractivity contribution < 1.29 is 28.6 Å². The van der Waals surface area contributed by atoms with Gasteiger partial charge in [-0.25, -0.2) is 18.4 Å². The number of carboxylic acids is 1. The highest BCUT2D eigenvalue weighted by molar-refractivity contribution is 5.92. The fourth-order valence-corrected chi connectivity index (χ4v) is 1.26. The van der Waals surface area contributed by atoms with Crippen molar-refractivity contribution in [3.63, 3.8) is 0 Å². The van der Waals surface area contributed by atoms with Gasteiger partial charge < -0.3 is 20.8 Å². The largest absolute Gasteiger partial charge is 0.480 e. The van der Waals surface area contributed by atoms with Crippen LogP contribution in [-0.2, 0) is 4.79 Å². The Morgan fingerprint density at radius 3 is 2.53 bits per heavy atom. The Labute approximate surface area is 107 Å². The van der Waals surface area contributed by atoms with E-state index in [1.165, 1.54) is 13.0 Å². The molecule has 4 N–H and O–H groups in total. The van der Waals surface area contributed by atoms with Crippen LogP contribution in [-0.4, -0.2) is 34.9 Å². The lowest BCUT2D eigenvalue weighted by Crippen LogP contribution is -2.45. The number of aliphatic hydroxyl groups is 1. The lowest BCUT2D eigenvalue weighted by Gasteiger charge is -2.14. The molecule has 0 spiro atoms. The number of aliphatic carboxylic acids is 1. The first-order valence-electron chi connectivity index (χ1n) is 5.22. The Hall–Kier alpha value is -2.22. The number of hydrogen-bond donors (Lipinski definition) is 4. The minimum Gasteiger partial charge on any atom is -0.480 e. The lowest BCUT2D eigenvalue weighted by molar-refractivity contribution is -0.140. The van der Waals surface area contributed by atoms with Gasteiger partial charge >= 0.3 is 12.0 Å². The molecule has 0 radical (unpaired) electrons. The maximum atomic E-state index is 13.6. The van der Waals surface area contributed by atoms with Crippen LogP contribution in [0.3, 0.4) is 0 Å². The molecule has 6 nitrogen and oxygen atoms in total. The van der Waals surface area contributed by atoms with Gasteiger partial charge in [-0.3, -0.25) is 0 Å². The normalized spacial score (nSPS) is 11.8. The van der Waals surface area contributed by atoms with Gasteiger partial charge in [0, 0.05) is 0 Å². The predicted octanol–water partition coefficient (Wildman–Crippen LogP) is 0.840. The predicted molar refractivity (Wildman–Crippen MR) is 61.8 cm³/mol. The van der Waals surface area contributed by atoms with Crippen molar-refractivity contribution in [2.24, 2.45) is 0 Å². The van der Waals surface area contributed by atoms with Crippen LogP contribution in [0.25, 0.3) is 0 Å². The summed E-state index contributed by atoms with van der Waals surface area (Å²) in [4.78, 5) is 21.9. The molecule has 1 aromatic rings. The first kappa shape index (κ1) is 14.8. The zero-order valence-electron chi connectivity index (χ0n) is 9.91. The monoisotopic (exact) mass is 274 g/mol. The highest BCUT2D eigenvalue weighted by Crippen LogP contribution is 2.21. The van der Waals surface area contributed by atoms with Crippen molar-refractivity contribution in [1.29, 1.82) is 0 Å². The number of halogens is 2. The van der Waals surface area contributed by atoms with Gasteiger partial charge in [0.05, 0.1) is 6.61 Å². The second-order valence-corrected chi connectivity index (χ2v) is 3.73. The van der Waals surface area contributed by atoms with Crippen LogP contribution in [0.1, 0.15) is 5.56 Å². The molecule has 1 atom stereocenters. The minimum absolute atomic E-state index is 0.119. The molecule has 19 heavy (non-hydrogen) atoms. The van der Waals surface area contributed by atoms with Gasteiger partial charge in [0.25, 0.3) is 0 Å². The lowest BCUT2D eigenvalue weighted by atomic mass is 10.2. The summed E-state index contributed by atoms with van der Waals surface area (Å²) in [6, 6.07) is -0.531. The van der Waals surface area contributed by atoms with Crippen molar-refractivity contribution in [3.8, 4) is 0 Å². The molecule has 2 amide bonds. The molecule has 0 unspecified atom stereocenters. The third-order valence-electron chi connectivity index (χ3n) is 2.31. The molecular weight excluding hydrogens is 262 g/mol. The van der Waals surface area contributed by atoms with Gasteiger partial charge in [-0.1, -0.05) is 6.07 Å². The summed E-state index contributed by atoms with van der Waals surface area (Å²) in [5.74, 6) is -3.41. The van der Waals surface area contributed by atoms with Gasteiger partial charge in [0.2, 0.25) is 0 Å². The Morgan fingerprint density at radius 1 is 1.37 bits per heavy atom. The fourth-order valence-electron chi connectivity index (χ4n) is 1.26. The molecule has 1 rings (SSSR count). The standard InChI is InChI=1S/C11H12F2N2O4/c1-5-2-3-6(12)9(8(5)13)15-11(19)14-7(4-16)10(17)18/h2-3,7,16H,4H2,1H3,(H,17,18)(H2,14,15,19)/t7-/m0/s1. The highest BCUT2D eigenvalue weighted by Gasteiger charge is 2.20. The number of urea groups is 1. The SMILES string of the molecule is Cc1ccc(F)c(NC(=O)N[C@@H](CO)C(=O)O)c1F. The van der Waals surface area contributed by atoms with Crippen LogP contribution in [0.15, 0.2) is 12.1 Å². The Kier molecular flexibility index (Phi) is 4.76. The summed E-state index contributed by atoms with van der Waals surface area (Å²) in [6.45, 7) is 0.535. The van der Waals surface area contributed by atoms with Crippen LogP contribution in [0.2, 0.25) is 0 Å². The quantitative estimate of drug-likeness (QED) is 0.654. The number of aryl methyl sites for hydroxylation is 1. The van der Waals surface area contributed by atoms with E-state index < -0.39 is 42.0 Å². The molecule has 0 saturated carbocycles. The molecule has 0 fully saturated rings. The average molecular weight is 274 g/mol. The fraction of sp³-hybridized carbons (Fsp3) is 0.273. The maximum absolute atomic E-state index is 13.6. The molecule has 104 valence electrons. The number of aliphatic hydroxyl groups excluding tert-OH is 1. The number of carboxylic acid groups (broad SMARTS) is 1. The molecule has 1 aromatic carbocycles. The summed E-state index contributed by atoms with van der Waals surface area (Å²) in [7, 11) is 0. The minimum atomic E-state index is -1.56. The highest BCUT2D eigenvalue weighted by atomic mass is 19.1. The molecule has 0 aliphatic carbocycles. The van der Waals surface area contributed by atoms with E-state index in [0.717, 1.165) is 6.07 Å². The van der Waals surface area contributed by atoms with E-state index in [-0.39, 0.29) is 5.56 Å². The van der Waals surface area contributed by atoms with E-state index in [4.69, 9.17) is 10.2 Å². The number of amides is 2. The van der Waals surface area contributed by atoms with E-state index >= 15 is 0 Å². The van der Waals surface area contributed by atoms with Crippen LogP contribution in [0.4, 0.5) is 19.3 Å². The third-order valence-corrected chi connectivity index (χ3v) is 2.31. The number of carbonyl (C=O) groups is 2. The smallest absolute Gasteiger partial charge is 0.328 e. The second-order valence-electron chi connectivity index (χ2n) is 3.73. The van der Waals surface area contributed by atoms with Gasteiger partial charge in [-0.15, -0.1) is 0 Å². The summed E-state index contributed by atoms with van der Waals surface area (Å²) >= 11 is 0. The number of benzene rings is 1. The molecule has 0 heterocycles. The van der Waals surface area contributed by atoms with Crippen LogP contribution in [0, 0.1) is 18.6 Å². The molecule has 0 aliphatic rings. The summed E-state index contributed by atoms with van der Waals surface area (Å²) < 4.78 is 26.9. The molecule has 0 aromatic heterocycles. The van der Waals surface area contributed by atoms with E-state index in [0.29, 0.717) is 0 Å². The zero-order chi connectivity index (χ0) is 14.6. The topological polar surface area (TPSA) is 98.7 Å². The number of carbonyl (C=O) groups excluding carboxylic acids is 1. The Balaban J connectivity index is 2.83. The molecule has 0 saturated heterocycles. The Bertz CT molecular complexity index is 508. The molecule has 0 aliphatic heterocycles. The first-order valence-corrected chi connectivity index (χ1v) is 5.22. The van der Waals surface area contributed by atoms with Crippen molar-refractivity contribution in [2.45, 2.75) is 13.0 Å². The summed E-state index contributed by atoms with van der Waals surface area (Å²) in [5, 5.41) is 21.0. The zero-order valence-corrected chi connectivity index (χ0v) is 9.91. The van der Waals surface area contributed by atoms with E-state index in [1.807, 2.05) is 10.6 Å². The number of rotatable bonds is 4. The van der Waals surface area contributed by atoms with Gasteiger partial charge in [0.1, 0.15) is 11.5 Å². The molecule has 8 heteroatoms. The van der Waals surface area contributed by atoms with Crippen molar-refractivity contribution in [3.05, 3.63) is 29.3 Å². The molecule has 0 bridgehead atoms. The van der Waals surface area contributed by atoms with Gasteiger partial charge in [-0.05, 0) is 18.6 Å². The summed E-state index contributed by atoms with van der Waals surface area (Å²) in [6.07, 6.45) is 0. The number of nitrogens with one attached hydrogen (secondary N) is 2. The maximum Gasteiger partial charge on any atom is 0.328 e. The average Bonchev–Trinajstić information content (AvgIpc) is 2.36. The van der Waals surface area contributed by atoms with Crippen LogP contribution >= 0.6 is 0 Å². The van der Waals surface area contributed by atoms with Crippen molar-refractivity contribution in [1.82, 2.24) is 5.32 Å². The van der Waals surface area contributed by atoms with Crippen LogP contribution < -0.4 is 10.6 Å². The van der Waals surface area contributed by atoms with Gasteiger partial charge in [-0.2, -0.15) is 0 Å². The number of anilines is 1. The van der Waals surface area contributed by atoms with E-state index in [9.17, 15) is 18.4 Å². The molecular formula is C11H12F2N2O4.